The number of allylic oxidation sites excluding steroid dienone is 2. The van der Waals surface area contributed by atoms with E-state index < -0.39 is 5.97 Å². The Labute approximate surface area is 136 Å². The van der Waals surface area contributed by atoms with Crippen LogP contribution in [0.2, 0.25) is 20.2 Å². The molecule has 1 aromatic rings. The van der Waals surface area contributed by atoms with Crippen LogP contribution in [-0.2, 0) is 4.74 Å². The molecule has 3 nitrogen and oxygen atoms in total. The van der Waals surface area contributed by atoms with Crippen LogP contribution in [0.3, 0.4) is 0 Å². The molecule has 2 rings (SSSR count). The van der Waals surface area contributed by atoms with Crippen molar-refractivity contribution in [3.63, 3.8) is 0 Å². The normalized spacial score (nSPS) is 18.1. The first-order chi connectivity index (χ1) is 9.50. The van der Waals surface area contributed by atoms with Crippen LogP contribution in [0.4, 0.5) is 0 Å². The summed E-state index contributed by atoms with van der Waals surface area (Å²) in [5.74, 6) is -0.328. The van der Waals surface area contributed by atoms with Gasteiger partial charge in [-0.2, -0.15) is 0 Å². The topological polar surface area (TPSA) is 39.2 Å². The average Bonchev–Trinajstić information content (AvgIpc) is 2.47. The molecule has 0 bridgehead atoms. The van der Waals surface area contributed by atoms with Crippen molar-refractivity contribution in [2.75, 3.05) is 6.61 Å². The van der Waals surface area contributed by atoms with E-state index in [1.54, 1.807) is 0 Å². The van der Waals surface area contributed by atoms with Crippen molar-refractivity contribution >= 4 is 52.4 Å². The van der Waals surface area contributed by atoms with E-state index in [0.717, 1.165) is 19.3 Å². The van der Waals surface area contributed by atoms with E-state index in [1.807, 2.05) is 0 Å². The average molecular weight is 355 g/mol. The van der Waals surface area contributed by atoms with E-state index in [1.165, 1.54) is 0 Å². The first-order valence-corrected chi connectivity index (χ1v) is 7.54. The van der Waals surface area contributed by atoms with Gasteiger partial charge >= 0.3 is 5.97 Å². The fraction of sp³-hybridized carbons (Fsp3) is 0.385. The molecule has 1 atom stereocenters. The summed E-state index contributed by atoms with van der Waals surface area (Å²) in [5.41, 5.74) is -0.114. The second-order valence-electron chi connectivity index (χ2n) is 4.44. The Morgan fingerprint density at radius 3 is 2.60 bits per heavy atom. The highest BCUT2D eigenvalue weighted by Crippen LogP contribution is 2.36. The van der Waals surface area contributed by atoms with Crippen LogP contribution >= 0.6 is 46.4 Å². The molecule has 108 valence electrons. The number of carbonyl (C=O) groups is 1. The van der Waals surface area contributed by atoms with Crippen LogP contribution in [0.5, 0.6) is 0 Å². The zero-order valence-electron chi connectivity index (χ0n) is 10.3. The fourth-order valence-corrected chi connectivity index (χ4v) is 2.70. The van der Waals surface area contributed by atoms with Gasteiger partial charge in [-0.15, -0.1) is 0 Å². The number of hydrogen-bond acceptors (Lipinski definition) is 3. The van der Waals surface area contributed by atoms with Crippen LogP contribution in [0, 0.1) is 5.92 Å². The molecule has 0 radical (unpaired) electrons. The molecule has 0 N–H and O–H groups in total. The molecule has 0 fully saturated rings. The summed E-state index contributed by atoms with van der Waals surface area (Å²) in [5, 5.41) is -0.101. The van der Waals surface area contributed by atoms with Crippen molar-refractivity contribution in [2.24, 2.45) is 5.92 Å². The number of carbonyl (C=O) groups excluding carboxylic acids is 1. The Kier molecular flexibility index (Phi) is 5.56. The lowest BCUT2D eigenvalue weighted by Gasteiger charge is -2.17. The highest BCUT2D eigenvalue weighted by atomic mass is 35.5. The quantitative estimate of drug-likeness (QED) is 0.425. The van der Waals surface area contributed by atoms with Crippen molar-refractivity contribution in [1.82, 2.24) is 4.98 Å². The molecule has 20 heavy (non-hydrogen) atoms. The first kappa shape index (κ1) is 15.9. The summed E-state index contributed by atoms with van der Waals surface area (Å²) in [6.07, 6.45) is 7.10. The summed E-state index contributed by atoms with van der Waals surface area (Å²) in [6, 6.07) is 0. The molecule has 0 aliphatic heterocycles. The minimum atomic E-state index is -0.648. The highest BCUT2D eigenvalue weighted by Gasteiger charge is 2.22. The SMILES string of the molecule is O=C(OCC1CC=CCC1)c1nc(Cl)c(Cl)c(Cl)c1Cl. The molecule has 1 aliphatic carbocycles. The monoisotopic (exact) mass is 353 g/mol. The number of aromatic nitrogens is 1. The smallest absolute Gasteiger partial charge is 0.358 e. The second kappa shape index (κ2) is 6.99. The lowest BCUT2D eigenvalue weighted by Crippen LogP contribution is -2.16. The van der Waals surface area contributed by atoms with Crippen molar-refractivity contribution in [3.05, 3.63) is 38.1 Å². The van der Waals surface area contributed by atoms with Gasteiger partial charge in [0.1, 0.15) is 5.15 Å². The molecule has 1 aliphatic rings. The van der Waals surface area contributed by atoms with Gasteiger partial charge in [0.2, 0.25) is 0 Å². The molecule has 7 heteroatoms. The van der Waals surface area contributed by atoms with E-state index >= 15 is 0 Å². The zero-order valence-corrected chi connectivity index (χ0v) is 13.4. The molecule has 1 aromatic heterocycles. The van der Waals surface area contributed by atoms with Crippen LogP contribution < -0.4 is 0 Å². The Morgan fingerprint density at radius 2 is 1.95 bits per heavy atom. The number of hydrogen-bond donors (Lipinski definition) is 0. The maximum absolute atomic E-state index is 12.0. The number of pyridine rings is 1. The van der Waals surface area contributed by atoms with E-state index in [0.29, 0.717) is 12.5 Å². The fourth-order valence-electron chi connectivity index (χ4n) is 1.89. The van der Waals surface area contributed by atoms with Gasteiger partial charge in [0.15, 0.2) is 5.69 Å². The Bertz CT molecular complexity index is 560. The Hall–Kier alpha value is -0.480. The molecular formula is C13H11Cl4NO2. The number of nitrogens with zero attached hydrogens (tertiary/aromatic N) is 1. The van der Waals surface area contributed by atoms with Crippen molar-refractivity contribution < 1.29 is 9.53 Å². The summed E-state index contributed by atoms with van der Waals surface area (Å²) < 4.78 is 5.22. The van der Waals surface area contributed by atoms with Crippen molar-refractivity contribution in [2.45, 2.75) is 19.3 Å². The summed E-state index contributed by atoms with van der Waals surface area (Å²) in [6.45, 7) is 0.318. The predicted octanol–water partition coefficient (Wildman–Crippen LogP) is 5.21. The van der Waals surface area contributed by atoms with Gasteiger partial charge in [0.25, 0.3) is 0 Å². The molecule has 1 heterocycles. The van der Waals surface area contributed by atoms with Gasteiger partial charge in [-0.1, -0.05) is 58.6 Å². The van der Waals surface area contributed by atoms with Crippen LogP contribution in [0.1, 0.15) is 29.8 Å². The van der Waals surface area contributed by atoms with E-state index in [2.05, 4.69) is 17.1 Å². The second-order valence-corrected chi connectivity index (χ2v) is 5.93. The third-order valence-corrected chi connectivity index (χ3v) is 4.68. The van der Waals surface area contributed by atoms with Crippen LogP contribution in [0.25, 0.3) is 0 Å². The van der Waals surface area contributed by atoms with Crippen LogP contribution in [0.15, 0.2) is 12.2 Å². The van der Waals surface area contributed by atoms with Gasteiger partial charge in [-0.05, 0) is 25.2 Å². The van der Waals surface area contributed by atoms with E-state index in [9.17, 15) is 4.79 Å². The minimum absolute atomic E-state index is 0.000818. The van der Waals surface area contributed by atoms with Gasteiger partial charge in [0, 0.05) is 0 Å². The summed E-state index contributed by atoms with van der Waals surface area (Å²) >= 11 is 23.4. The van der Waals surface area contributed by atoms with Gasteiger partial charge in [-0.3, -0.25) is 0 Å². The number of esters is 1. The predicted molar refractivity (Wildman–Crippen MR) is 81.0 cm³/mol. The summed E-state index contributed by atoms with van der Waals surface area (Å²) in [7, 11) is 0. The Morgan fingerprint density at radius 1 is 1.20 bits per heavy atom. The van der Waals surface area contributed by atoms with E-state index in [4.69, 9.17) is 51.1 Å². The third-order valence-electron chi connectivity index (χ3n) is 3.01. The molecule has 0 amide bonds. The standard InChI is InChI=1S/C13H11Cl4NO2/c14-8-9(15)11(18-12(17)10(8)16)13(19)20-6-7-4-2-1-3-5-7/h1-2,7H,3-6H2. The maximum atomic E-state index is 12.0. The number of halogens is 4. The third kappa shape index (κ3) is 3.59. The molecule has 1 unspecified atom stereocenters. The van der Waals surface area contributed by atoms with Crippen LogP contribution in [-0.4, -0.2) is 17.6 Å². The van der Waals surface area contributed by atoms with Crippen molar-refractivity contribution in [3.8, 4) is 0 Å². The highest BCUT2D eigenvalue weighted by molar-refractivity contribution is 6.52. The lowest BCUT2D eigenvalue weighted by atomic mass is 9.95. The molecule has 0 spiro atoms. The number of rotatable bonds is 3. The zero-order chi connectivity index (χ0) is 14.7. The van der Waals surface area contributed by atoms with Gasteiger partial charge in [-0.25, -0.2) is 9.78 Å². The van der Waals surface area contributed by atoms with Gasteiger partial charge in [0.05, 0.1) is 21.7 Å². The lowest BCUT2D eigenvalue weighted by molar-refractivity contribution is 0.0425. The minimum Gasteiger partial charge on any atom is -0.461 e. The Balaban J connectivity index is 2.07. The first-order valence-electron chi connectivity index (χ1n) is 6.02. The number of ether oxygens (including phenoxy) is 1. The van der Waals surface area contributed by atoms with E-state index in [-0.39, 0.29) is 25.9 Å². The van der Waals surface area contributed by atoms with Crippen molar-refractivity contribution in [1.29, 1.82) is 0 Å². The summed E-state index contributed by atoms with van der Waals surface area (Å²) in [4.78, 5) is 15.8. The molecule has 0 saturated carbocycles. The molecule has 0 aromatic carbocycles. The molecular weight excluding hydrogens is 344 g/mol. The molecule has 0 saturated heterocycles. The van der Waals surface area contributed by atoms with Gasteiger partial charge < -0.3 is 4.74 Å². The maximum Gasteiger partial charge on any atom is 0.358 e. The largest absolute Gasteiger partial charge is 0.461 e.